The summed E-state index contributed by atoms with van der Waals surface area (Å²) in [4.78, 5) is 31.8. The Morgan fingerprint density at radius 2 is 2.04 bits per heavy atom. The van der Waals surface area contributed by atoms with Crippen molar-refractivity contribution in [1.29, 1.82) is 0 Å². The van der Waals surface area contributed by atoms with E-state index in [9.17, 15) is 9.59 Å². The summed E-state index contributed by atoms with van der Waals surface area (Å²) in [7, 11) is 0. The molecule has 0 spiro atoms. The molecule has 2 aromatic rings. The normalized spacial score (nSPS) is 15.1. The maximum absolute atomic E-state index is 12.9. The van der Waals surface area contributed by atoms with Crippen LogP contribution in [0, 0.1) is 5.92 Å². The number of thiophene rings is 1. The fraction of sp³-hybridized carbons (Fsp3) is 0.667. The number of amides is 1. The molecule has 0 aliphatic heterocycles. The van der Waals surface area contributed by atoms with E-state index in [4.69, 9.17) is 0 Å². The number of carbonyl (C=O) groups is 1. The van der Waals surface area contributed by atoms with Crippen LogP contribution in [-0.2, 0) is 24.2 Å². The molecule has 5 nitrogen and oxygen atoms in total. The lowest BCUT2D eigenvalue weighted by Crippen LogP contribution is -2.34. The molecule has 0 radical (unpaired) electrons. The van der Waals surface area contributed by atoms with Crippen molar-refractivity contribution in [1.82, 2.24) is 14.9 Å². The first-order valence-electron chi connectivity index (χ1n) is 10.2. The predicted octanol–water partition coefficient (Wildman–Crippen LogP) is 4.06. The predicted molar refractivity (Wildman–Crippen MR) is 111 cm³/mol. The summed E-state index contributed by atoms with van der Waals surface area (Å²) in [5, 5.41) is 3.84. The van der Waals surface area contributed by atoms with E-state index in [2.05, 4.69) is 31.1 Å². The summed E-state index contributed by atoms with van der Waals surface area (Å²) in [5.41, 5.74) is 1.22. The fourth-order valence-electron chi connectivity index (χ4n) is 3.81. The average molecular weight is 390 g/mol. The van der Waals surface area contributed by atoms with E-state index in [1.54, 1.807) is 22.2 Å². The molecule has 0 saturated heterocycles. The zero-order valence-corrected chi connectivity index (χ0v) is 17.5. The second-order valence-electron chi connectivity index (χ2n) is 8.18. The van der Waals surface area contributed by atoms with Gasteiger partial charge in [0.2, 0.25) is 5.91 Å². The number of nitrogens with zero attached hydrogens (tertiary/aromatic N) is 2. The molecule has 3 rings (SSSR count). The van der Waals surface area contributed by atoms with Crippen molar-refractivity contribution < 1.29 is 4.79 Å². The van der Waals surface area contributed by atoms with Crippen molar-refractivity contribution in [3.8, 4) is 0 Å². The van der Waals surface area contributed by atoms with Crippen LogP contribution < -0.4 is 10.9 Å². The van der Waals surface area contributed by atoms with Crippen LogP contribution in [-0.4, -0.2) is 21.5 Å². The molecule has 0 saturated carbocycles. The zero-order valence-electron chi connectivity index (χ0n) is 16.7. The molecule has 1 atom stereocenters. The molecular formula is C21H31N3O2S. The molecule has 0 fully saturated rings. The third-order valence-electron chi connectivity index (χ3n) is 5.35. The van der Waals surface area contributed by atoms with Crippen LogP contribution in [0.3, 0.4) is 0 Å². The molecule has 2 aromatic heterocycles. The first-order chi connectivity index (χ1) is 13.0. The third kappa shape index (κ3) is 4.98. The first-order valence-corrected chi connectivity index (χ1v) is 11.1. The topological polar surface area (TPSA) is 64.0 Å². The number of nitrogens with one attached hydrogen (secondary N) is 1. The van der Waals surface area contributed by atoms with Crippen molar-refractivity contribution >= 4 is 27.5 Å². The third-order valence-corrected chi connectivity index (χ3v) is 6.55. The van der Waals surface area contributed by atoms with Gasteiger partial charge in [0.15, 0.2) is 0 Å². The maximum Gasteiger partial charge on any atom is 0.262 e. The fourth-order valence-corrected chi connectivity index (χ4v) is 5.03. The van der Waals surface area contributed by atoms with E-state index in [0.717, 1.165) is 42.3 Å². The van der Waals surface area contributed by atoms with Crippen LogP contribution >= 0.6 is 11.3 Å². The molecule has 0 aromatic carbocycles. The van der Waals surface area contributed by atoms with Gasteiger partial charge in [0, 0.05) is 23.9 Å². The number of carbonyl (C=O) groups excluding carboxylic acids is 1. The van der Waals surface area contributed by atoms with Gasteiger partial charge in [0.25, 0.3) is 5.56 Å². The minimum Gasteiger partial charge on any atom is -0.354 e. The van der Waals surface area contributed by atoms with Gasteiger partial charge in [-0.3, -0.25) is 14.2 Å². The molecule has 2 heterocycles. The lowest BCUT2D eigenvalue weighted by atomic mass is 9.97. The molecule has 0 bridgehead atoms. The highest BCUT2D eigenvalue weighted by atomic mass is 32.1. The number of aryl methyl sites for hydroxylation is 3. The Morgan fingerprint density at radius 3 is 2.81 bits per heavy atom. The summed E-state index contributed by atoms with van der Waals surface area (Å²) in [6.07, 6.45) is 9.61. The number of hydrogen-bond donors (Lipinski definition) is 1. The Bertz CT molecular complexity index is 853. The number of fused-ring (bicyclic) bond motifs is 3. The molecule has 1 unspecified atom stereocenters. The van der Waals surface area contributed by atoms with Gasteiger partial charge in [-0.2, -0.15) is 0 Å². The molecule has 27 heavy (non-hydrogen) atoms. The molecule has 1 N–H and O–H groups in total. The minimum atomic E-state index is 0.00592. The number of aromatic nitrogens is 2. The zero-order chi connectivity index (χ0) is 19.4. The van der Waals surface area contributed by atoms with Crippen molar-refractivity contribution in [2.45, 2.75) is 84.7 Å². The SMILES string of the molecule is CC(C)CCCC(C)NC(=O)CCn1cnc2sc3c(c2c1=O)CCCC3. The van der Waals surface area contributed by atoms with Crippen LogP contribution in [0.1, 0.15) is 69.7 Å². The van der Waals surface area contributed by atoms with E-state index in [-0.39, 0.29) is 17.5 Å². The van der Waals surface area contributed by atoms with E-state index < -0.39 is 0 Å². The monoisotopic (exact) mass is 389 g/mol. The van der Waals surface area contributed by atoms with Gasteiger partial charge in [-0.1, -0.05) is 26.7 Å². The summed E-state index contributed by atoms with van der Waals surface area (Å²) in [6.45, 7) is 6.87. The largest absolute Gasteiger partial charge is 0.354 e. The quantitative estimate of drug-likeness (QED) is 0.740. The molecular weight excluding hydrogens is 358 g/mol. The van der Waals surface area contributed by atoms with Crippen LogP contribution in [0.15, 0.2) is 11.1 Å². The maximum atomic E-state index is 12.9. The highest BCUT2D eigenvalue weighted by molar-refractivity contribution is 7.18. The van der Waals surface area contributed by atoms with Crippen molar-refractivity contribution in [3.63, 3.8) is 0 Å². The van der Waals surface area contributed by atoms with Gasteiger partial charge < -0.3 is 5.32 Å². The van der Waals surface area contributed by atoms with Gasteiger partial charge in [-0.15, -0.1) is 11.3 Å². The summed E-state index contributed by atoms with van der Waals surface area (Å²) in [6, 6.07) is 0.178. The van der Waals surface area contributed by atoms with Crippen LogP contribution in [0.25, 0.3) is 10.2 Å². The van der Waals surface area contributed by atoms with Gasteiger partial charge in [-0.05, 0) is 50.5 Å². The molecule has 1 aliphatic carbocycles. The van der Waals surface area contributed by atoms with E-state index in [1.165, 1.54) is 23.3 Å². The number of hydrogen-bond acceptors (Lipinski definition) is 4. The smallest absolute Gasteiger partial charge is 0.262 e. The Labute approximate surface area is 165 Å². The van der Waals surface area contributed by atoms with E-state index in [0.29, 0.717) is 18.9 Å². The highest BCUT2D eigenvalue weighted by Gasteiger charge is 2.20. The number of rotatable bonds is 8. The van der Waals surface area contributed by atoms with Crippen molar-refractivity contribution in [2.24, 2.45) is 5.92 Å². The van der Waals surface area contributed by atoms with Gasteiger partial charge in [-0.25, -0.2) is 4.98 Å². The first kappa shape index (κ1) is 20.1. The van der Waals surface area contributed by atoms with E-state index in [1.807, 2.05) is 0 Å². The van der Waals surface area contributed by atoms with Crippen LogP contribution in [0.2, 0.25) is 0 Å². The molecule has 1 aliphatic rings. The molecule has 6 heteroatoms. The van der Waals surface area contributed by atoms with Crippen LogP contribution in [0.5, 0.6) is 0 Å². The van der Waals surface area contributed by atoms with Gasteiger partial charge in [0.05, 0.1) is 11.7 Å². The molecule has 1 amide bonds. The Morgan fingerprint density at radius 1 is 1.26 bits per heavy atom. The van der Waals surface area contributed by atoms with E-state index >= 15 is 0 Å². The van der Waals surface area contributed by atoms with Crippen LogP contribution in [0.4, 0.5) is 0 Å². The second-order valence-corrected chi connectivity index (χ2v) is 9.26. The lowest BCUT2D eigenvalue weighted by Gasteiger charge is -2.15. The standard InChI is InChI=1S/C21H31N3O2S/c1-14(2)7-6-8-15(3)23-18(25)11-12-24-13-22-20-19(21(24)26)16-9-4-5-10-17(16)27-20/h13-15H,4-12H2,1-3H3,(H,23,25). The minimum absolute atomic E-state index is 0.00592. The van der Waals surface area contributed by atoms with Gasteiger partial charge in [0.1, 0.15) is 4.83 Å². The highest BCUT2D eigenvalue weighted by Crippen LogP contribution is 2.33. The summed E-state index contributed by atoms with van der Waals surface area (Å²) >= 11 is 1.66. The van der Waals surface area contributed by atoms with Gasteiger partial charge >= 0.3 is 0 Å². The Kier molecular flexibility index (Phi) is 6.68. The lowest BCUT2D eigenvalue weighted by molar-refractivity contribution is -0.121. The molecule has 148 valence electrons. The van der Waals surface area contributed by atoms with Crippen molar-refractivity contribution in [3.05, 3.63) is 27.1 Å². The second kappa shape index (κ2) is 9.00. The Hall–Kier alpha value is -1.69. The summed E-state index contributed by atoms with van der Waals surface area (Å²) in [5.74, 6) is 0.705. The Balaban J connectivity index is 1.59. The average Bonchev–Trinajstić information content (AvgIpc) is 3.00. The summed E-state index contributed by atoms with van der Waals surface area (Å²) < 4.78 is 1.60. The van der Waals surface area contributed by atoms with Crippen molar-refractivity contribution in [2.75, 3.05) is 0 Å².